The van der Waals surface area contributed by atoms with Crippen LogP contribution in [0.3, 0.4) is 0 Å². The third-order valence-electron chi connectivity index (χ3n) is 10.2. The van der Waals surface area contributed by atoms with Gasteiger partial charge in [0.1, 0.15) is 34.6 Å². The molecule has 0 amide bonds. The highest BCUT2D eigenvalue weighted by Gasteiger charge is 2.52. The third kappa shape index (κ3) is 6.10. The van der Waals surface area contributed by atoms with E-state index in [1.165, 1.54) is 36.2 Å². The molecule has 3 fully saturated rings. The number of rotatable bonds is 5. The summed E-state index contributed by atoms with van der Waals surface area (Å²) in [6.45, 7) is 6.07. The first-order valence-corrected chi connectivity index (χ1v) is 17.9. The van der Waals surface area contributed by atoms with Crippen molar-refractivity contribution in [2.24, 2.45) is 10.7 Å². The quantitative estimate of drug-likeness (QED) is 0.388. The van der Waals surface area contributed by atoms with Crippen molar-refractivity contribution in [2.75, 3.05) is 68.5 Å². The van der Waals surface area contributed by atoms with Gasteiger partial charge in [0, 0.05) is 56.0 Å². The molecule has 0 radical (unpaired) electrons. The van der Waals surface area contributed by atoms with E-state index in [1.54, 1.807) is 6.92 Å². The second-order valence-corrected chi connectivity index (χ2v) is 14.8. The average Bonchev–Trinajstić information content (AvgIpc) is 3.89. The van der Waals surface area contributed by atoms with Crippen LogP contribution in [-0.4, -0.2) is 95.9 Å². The smallest absolute Gasteiger partial charge is 0.320 e. The van der Waals surface area contributed by atoms with E-state index in [0.29, 0.717) is 84.6 Å². The summed E-state index contributed by atoms with van der Waals surface area (Å²) in [4.78, 5) is 25.4. The van der Waals surface area contributed by atoms with E-state index in [2.05, 4.69) is 42.1 Å². The largest absolute Gasteiger partial charge is 0.467 e. The van der Waals surface area contributed by atoms with Crippen LogP contribution in [0.4, 0.5) is 21.0 Å². The van der Waals surface area contributed by atoms with Crippen molar-refractivity contribution in [3.05, 3.63) is 38.3 Å². The summed E-state index contributed by atoms with van der Waals surface area (Å²) in [6, 6.07) is 5.38. The van der Waals surface area contributed by atoms with Gasteiger partial charge in [0.2, 0.25) is 11.7 Å². The number of methoxy groups -OCH3 is 1. The first-order chi connectivity index (χ1) is 24.1. The summed E-state index contributed by atoms with van der Waals surface area (Å²) >= 11 is 8.18. The van der Waals surface area contributed by atoms with Gasteiger partial charge in [-0.25, -0.2) is 4.39 Å². The molecule has 4 aliphatic heterocycles. The number of nitrogens with zero attached hydrogens (tertiary/aromatic N) is 10. The number of aliphatic imine (C=N–C) groups is 1. The Hall–Kier alpha value is -4.51. The zero-order chi connectivity index (χ0) is 35.2. The van der Waals surface area contributed by atoms with E-state index in [9.17, 15) is 14.9 Å². The van der Waals surface area contributed by atoms with E-state index in [1.807, 2.05) is 9.80 Å². The second-order valence-electron chi connectivity index (χ2n) is 13.3. The van der Waals surface area contributed by atoms with Gasteiger partial charge >= 0.3 is 6.01 Å². The lowest BCUT2D eigenvalue weighted by atomic mass is 9.74. The van der Waals surface area contributed by atoms with Crippen LogP contribution in [0.1, 0.15) is 65.4 Å². The first-order valence-electron chi connectivity index (χ1n) is 16.7. The minimum atomic E-state index is -0.518. The Morgan fingerprint density at radius 3 is 2.56 bits per heavy atom. The topological polar surface area (TPSA) is 196 Å². The van der Waals surface area contributed by atoms with Gasteiger partial charge in [-0.2, -0.15) is 25.5 Å². The molecule has 0 saturated carbocycles. The maximum atomic E-state index is 12.6. The molecule has 7 heterocycles. The standard InChI is InChI=1S/C26H26ClN11O2S.C7H12FN/c1-13-33-22(36-40-13)20(30)19(27)16-10-37(7-3-6-32-16)23-15(9-29)24(35-25(34-23)39-2)38-11-26(12-38)5-4-17-18(26)14(8-28)21(31)41-17;8-6-4-7-2-1-3-9(7)5-6/h3-7,10-12,30-31H2,1-2H3;6-7H,1-5H2/b20-19+;. The lowest BCUT2D eigenvalue weighted by molar-refractivity contribution is 0.292. The summed E-state index contributed by atoms with van der Waals surface area (Å²) in [5.74, 6) is 1.46. The number of halogens is 2. The van der Waals surface area contributed by atoms with Gasteiger partial charge in [0.05, 0.1) is 30.0 Å². The zero-order valence-electron chi connectivity index (χ0n) is 28.0. The minimum absolute atomic E-state index is 0.144. The Balaban J connectivity index is 0.000000375. The molecule has 3 saturated heterocycles. The number of nitrogen functional groups attached to an aromatic ring is 1. The average molecular weight is 721 g/mol. The van der Waals surface area contributed by atoms with E-state index >= 15 is 0 Å². The molecule has 3 aromatic heterocycles. The van der Waals surface area contributed by atoms with Crippen molar-refractivity contribution in [1.29, 1.82) is 10.5 Å². The number of alkyl halides is 1. The van der Waals surface area contributed by atoms with E-state index in [4.69, 9.17) is 32.3 Å². The van der Waals surface area contributed by atoms with Crippen molar-refractivity contribution in [2.45, 2.75) is 63.1 Å². The summed E-state index contributed by atoms with van der Waals surface area (Å²) in [5, 5.41) is 24.7. The Morgan fingerprint density at radius 2 is 1.88 bits per heavy atom. The molecular weight excluding hydrogens is 683 g/mol. The Morgan fingerprint density at radius 1 is 1.12 bits per heavy atom. The third-order valence-corrected chi connectivity index (χ3v) is 11.7. The lowest BCUT2D eigenvalue weighted by Crippen LogP contribution is -2.59. The monoisotopic (exact) mass is 720 g/mol. The number of anilines is 3. The molecule has 5 aliphatic rings. The molecule has 4 N–H and O–H groups in total. The molecule has 2 unspecified atom stereocenters. The summed E-state index contributed by atoms with van der Waals surface area (Å²) in [7, 11) is 1.49. The van der Waals surface area contributed by atoms with Crippen LogP contribution in [-0.2, 0) is 11.8 Å². The fourth-order valence-corrected chi connectivity index (χ4v) is 9.18. The van der Waals surface area contributed by atoms with Gasteiger partial charge in [-0.15, -0.1) is 11.3 Å². The number of nitriles is 2. The van der Waals surface area contributed by atoms with Crippen LogP contribution in [0.25, 0.3) is 5.70 Å². The van der Waals surface area contributed by atoms with E-state index < -0.39 is 6.17 Å². The van der Waals surface area contributed by atoms with Crippen molar-refractivity contribution in [3.8, 4) is 18.1 Å². The molecule has 8 rings (SSSR count). The Bertz CT molecular complexity index is 1930. The molecule has 262 valence electrons. The van der Waals surface area contributed by atoms with Gasteiger partial charge in [0.25, 0.3) is 0 Å². The fourth-order valence-electron chi connectivity index (χ4n) is 7.83. The highest BCUT2D eigenvalue weighted by molar-refractivity contribution is 7.16. The van der Waals surface area contributed by atoms with Crippen LogP contribution < -0.4 is 26.0 Å². The Kier molecular flexibility index (Phi) is 9.28. The predicted molar refractivity (Wildman–Crippen MR) is 188 cm³/mol. The highest BCUT2D eigenvalue weighted by atomic mass is 35.5. The van der Waals surface area contributed by atoms with E-state index in [-0.39, 0.29) is 34.5 Å². The molecule has 2 atom stereocenters. The Labute approximate surface area is 298 Å². The van der Waals surface area contributed by atoms with Crippen molar-refractivity contribution in [3.63, 3.8) is 0 Å². The molecule has 17 heteroatoms. The minimum Gasteiger partial charge on any atom is -0.467 e. The summed E-state index contributed by atoms with van der Waals surface area (Å²) in [5.41, 5.74) is 14.9. The van der Waals surface area contributed by atoms with Crippen LogP contribution in [0.2, 0.25) is 0 Å². The number of aryl methyl sites for hydroxylation is 2. The normalized spacial score (nSPS) is 22.7. The molecule has 0 bridgehead atoms. The van der Waals surface area contributed by atoms with Crippen molar-refractivity contribution >= 4 is 51.0 Å². The molecular formula is C33H38ClFN12O2S. The second kappa shape index (κ2) is 13.7. The van der Waals surface area contributed by atoms with Crippen molar-refractivity contribution in [1.82, 2.24) is 25.0 Å². The zero-order valence-corrected chi connectivity index (χ0v) is 29.5. The number of thiophene rings is 1. The number of hydrogen-bond acceptors (Lipinski definition) is 15. The fraction of sp³-hybridized carbons (Fsp3) is 0.545. The first kappa shape index (κ1) is 34.0. The summed E-state index contributed by atoms with van der Waals surface area (Å²) in [6.07, 6.45) is 5.33. The lowest BCUT2D eigenvalue weighted by Gasteiger charge is -2.49. The van der Waals surface area contributed by atoms with Crippen LogP contribution in [0, 0.1) is 29.6 Å². The molecule has 1 spiro atoms. The van der Waals surface area contributed by atoms with Gasteiger partial charge in [-0.1, -0.05) is 16.8 Å². The SMILES string of the molecule is COc1nc(N2CCCN=C(/C(Cl)=C(\N)c3noc(C)n3)C2)c(C#N)c(N2CC3(CCc4sc(N)c(C#N)c43)C2)n1.FC1CC2CCCN2C1. The number of aromatic nitrogens is 4. The predicted octanol–water partition coefficient (Wildman–Crippen LogP) is 3.68. The maximum Gasteiger partial charge on any atom is 0.320 e. The van der Waals surface area contributed by atoms with Gasteiger partial charge < -0.3 is 30.5 Å². The van der Waals surface area contributed by atoms with Crippen molar-refractivity contribution < 1.29 is 13.7 Å². The van der Waals surface area contributed by atoms with Crippen LogP contribution >= 0.6 is 22.9 Å². The number of nitrogens with two attached hydrogens (primary N) is 2. The molecule has 1 aliphatic carbocycles. The number of hydrogen-bond donors (Lipinski definition) is 2. The van der Waals surface area contributed by atoms with E-state index in [0.717, 1.165) is 31.4 Å². The van der Waals surface area contributed by atoms with Gasteiger partial charge in [0.15, 0.2) is 11.6 Å². The van der Waals surface area contributed by atoms with Crippen LogP contribution in [0.5, 0.6) is 6.01 Å². The number of ether oxygens (including phenoxy) is 1. The molecule has 50 heavy (non-hydrogen) atoms. The van der Waals surface area contributed by atoms with Gasteiger partial charge in [-0.3, -0.25) is 9.89 Å². The number of fused-ring (bicyclic) bond motifs is 3. The highest BCUT2D eigenvalue weighted by Crippen LogP contribution is 2.53. The van der Waals surface area contributed by atoms with Gasteiger partial charge in [-0.05, 0) is 50.6 Å². The maximum absolute atomic E-state index is 12.6. The summed E-state index contributed by atoms with van der Waals surface area (Å²) < 4.78 is 23.1. The molecule has 3 aromatic rings. The van der Waals surface area contributed by atoms with Crippen LogP contribution in [0.15, 0.2) is 14.5 Å². The molecule has 0 aromatic carbocycles. The molecule has 14 nitrogen and oxygen atoms in total.